The van der Waals surface area contributed by atoms with Crippen molar-refractivity contribution in [2.24, 2.45) is 5.92 Å². The minimum Gasteiger partial charge on any atom is -0.362 e. The van der Waals surface area contributed by atoms with E-state index in [1.165, 1.54) is 11.9 Å². The number of carbonyl (C=O) groups excluding carboxylic acids is 1. The van der Waals surface area contributed by atoms with Gasteiger partial charge in [-0.15, -0.1) is 0 Å². The normalized spacial score (nSPS) is 20.1. The van der Waals surface area contributed by atoms with Gasteiger partial charge >= 0.3 is 0 Å². The molecule has 9 heteroatoms. The highest BCUT2D eigenvalue weighted by molar-refractivity contribution is 7.97. The third-order valence-corrected chi connectivity index (χ3v) is 8.23. The minimum absolute atomic E-state index is 0.110. The smallest absolute Gasteiger partial charge is 0.265 e. The van der Waals surface area contributed by atoms with E-state index in [9.17, 15) is 10.1 Å². The molecule has 1 amide bonds. The standard InChI is InChI=1S/C30H35N7OS.C2H6/c1-29(2,3)24-15-13-21-27(34-24)37-18-19(16-30(37,4)5)12-14-23(22-9-6-8-20(17-31)32-22)33-25-10-7-11-26(35-25)39-36-28(21)38;1-2/h6-11,13,15,19,23H,12,14,16,18H2,1-5H3,(H,33,35)(H,36,38);1-2H3. The van der Waals surface area contributed by atoms with Gasteiger partial charge in [-0.2, -0.15) is 5.26 Å². The Morgan fingerprint density at radius 1 is 1.02 bits per heavy atom. The fraction of sp³-hybridized carbons (Fsp3) is 0.469. The third-order valence-electron chi connectivity index (χ3n) is 7.50. The predicted molar refractivity (Wildman–Crippen MR) is 166 cm³/mol. The average molecular weight is 572 g/mol. The number of carbonyl (C=O) groups is 1. The molecule has 3 aromatic heterocycles. The van der Waals surface area contributed by atoms with Crippen LogP contribution in [0.15, 0.2) is 53.6 Å². The molecule has 1 saturated heterocycles. The van der Waals surface area contributed by atoms with E-state index in [4.69, 9.17) is 9.97 Å². The Kier molecular flexibility index (Phi) is 9.23. The van der Waals surface area contributed by atoms with Gasteiger partial charge in [0.15, 0.2) is 0 Å². The zero-order valence-electron chi connectivity index (χ0n) is 25.2. The largest absolute Gasteiger partial charge is 0.362 e. The molecule has 4 bridgehead atoms. The Labute approximate surface area is 248 Å². The molecule has 2 aliphatic rings. The van der Waals surface area contributed by atoms with Crippen LogP contribution < -0.4 is 14.9 Å². The van der Waals surface area contributed by atoms with Crippen molar-refractivity contribution < 1.29 is 4.79 Å². The number of rotatable bonds is 1. The van der Waals surface area contributed by atoms with Crippen LogP contribution in [0, 0.1) is 17.2 Å². The van der Waals surface area contributed by atoms with Gasteiger partial charge in [-0.3, -0.25) is 9.52 Å². The summed E-state index contributed by atoms with van der Waals surface area (Å²) < 4.78 is 2.99. The number of anilines is 2. The summed E-state index contributed by atoms with van der Waals surface area (Å²) in [5.41, 5.74) is 2.44. The van der Waals surface area contributed by atoms with E-state index in [1.807, 2.05) is 56.3 Å². The van der Waals surface area contributed by atoms with E-state index >= 15 is 0 Å². The van der Waals surface area contributed by atoms with Crippen LogP contribution in [0.25, 0.3) is 0 Å². The number of hydrogen-bond donors (Lipinski definition) is 2. The summed E-state index contributed by atoms with van der Waals surface area (Å²) in [6.07, 6.45) is 2.76. The summed E-state index contributed by atoms with van der Waals surface area (Å²) in [4.78, 5) is 30.2. The van der Waals surface area contributed by atoms with Crippen molar-refractivity contribution in [2.75, 3.05) is 16.8 Å². The second kappa shape index (κ2) is 12.5. The second-order valence-corrected chi connectivity index (χ2v) is 12.9. The van der Waals surface area contributed by atoms with Gasteiger partial charge in [-0.05, 0) is 75.4 Å². The van der Waals surface area contributed by atoms with E-state index in [1.54, 1.807) is 6.07 Å². The predicted octanol–water partition coefficient (Wildman–Crippen LogP) is 7.06. The molecule has 0 radical (unpaired) electrons. The third kappa shape index (κ3) is 6.99. The molecule has 2 unspecified atom stereocenters. The average Bonchev–Trinajstić information content (AvgIpc) is 3.27. The first-order valence-electron chi connectivity index (χ1n) is 14.4. The van der Waals surface area contributed by atoms with Crippen LogP contribution in [-0.2, 0) is 5.41 Å². The van der Waals surface area contributed by atoms with Crippen LogP contribution in [0.3, 0.4) is 0 Å². The molecule has 0 aromatic carbocycles. The number of nitrogens with zero attached hydrogens (tertiary/aromatic N) is 5. The van der Waals surface area contributed by atoms with Crippen molar-refractivity contribution in [3.05, 3.63) is 71.2 Å². The molecule has 0 aliphatic carbocycles. The lowest BCUT2D eigenvalue weighted by Gasteiger charge is -2.34. The van der Waals surface area contributed by atoms with Gasteiger partial charge in [-0.25, -0.2) is 15.0 Å². The first kappa shape index (κ1) is 30.3. The van der Waals surface area contributed by atoms with Gasteiger partial charge in [0.25, 0.3) is 5.91 Å². The van der Waals surface area contributed by atoms with E-state index in [-0.39, 0.29) is 22.9 Å². The molecule has 0 spiro atoms. The first-order chi connectivity index (χ1) is 19.5. The summed E-state index contributed by atoms with van der Waals surface area (Å²) in [6.45, 7) is 15.7. The molecule has 5 heterocycles. The van der Waals surface area contributed by atoms with Crippen LogP contribution in [0.4, 0.5) is 11.6 Å². The SMILES string of the molecule is CC.CC(C)(C)c1ccc2c(n1)N1CC(CCC(c3cccc(C#N)n3)Nc3cccc(n3)SNC2=O)CC1(C)C. The molecule has 2 aliphatic heterocycles. The highest BCUT2D eigenvalue weighted by Crippen LogP contribution is 2.41. The summed E-state index contributed by atoms with van der Waals surface area (Å²) in [6, 6.07) is 17.2. The van der Waals surface area contributed by atoms with Gasteiger partial charge in [0, 0.05) is 35.1 Å². The van der Waals surface area contributed by atoms with E-state index in [0.717, 1.165) is 43.0 Å². The lowest BCUT2D eigenvalue weighted by atomic mass is 9.90. The molecule has 2 atom stereocenters. The van der Waals surface area contributed by atoms with Gasteiger partial charge in [0.1, 0.15) is 28.4 Å². The molecule has 5 rings (SSSR count). The fourth-order valence-electron chi connectivity index (χ4n) is 5.49. The van der Waals surface area contributed by atoms with Crippen molar-refractivity contribution in [3.8, 4) is 6.07 Å². The summed E-state index contributed by atoms with van der Waals surface area (Å²) >= 11 is 1.19. The quantitative estimate of drug-likeness (QED) is 0.299. The first-order valence-corrected chi connectivity index (χ1v) is 15.2. The van der Waals surface area contributed by atoms with Crippen LogP contribution in [0.1, 0.15) is 101 Å². The van der Waals surface area contributed by atoms with Gasteiger partial charge in [0.05, 0.1) is 17.3 Å². The fourth-order valence-corrected chi connectivity index (χ4v) is 6.09. The molecular weight excluding hydrogens is 530 g/mol. The monoisotopic (exact) mass is 571 g/mol. The summed E-state index contributed by atoms with van der Waals surface area (Å²) in [5.74, 6) is 1.65. The Bertz CT molecular complexity index is 1430. The number of nitriles is 1. The van der Waals surface area contributed by atoms with E-state index in [2.05, 4.69) is 60.6 Å². The van der Waals surface area contributed by atoms with Gasteiger partial charge in [-0.1, -0.05) is 46.8 Å². The maximum atomic E-state index is 13.5. The maximum Gasteiger partial charge on any atom is 0.265 e. The van der Waals surface area contributed by atoms with Crippen molar-refractivity contribution in [2.45, 2.75) is 89.8 Å². The highest BCUT2D eigenvalue weighted by atomic mass is 32.2. The molecule has 216 valence electrons. The maximum absolute atomic E-state index is 13.5. The molecule has 0 saturated carbocycles. The van der Waals surface area contributed by atoms with E-state index in [0.29, 0.717) is 28.0 Å². The molecule has 2 N–H and O–H groups in total. The van der Waals surface area contributed by atoms with Crippen molar-refractivity contribution in [1.82, 2.24) is 19.7 Å². The van der Waals surface area contributed by atoms with Crippen LogP contribution >= 0.6 is 11.9 Å². The lowest BCUT2D eigenvalue weighted by Crippen LogP contribution is -2.40. The Morgan fingerprint density at radius 3 is 2.51 bits per heavy atom. The molecule has 8 nitrogen and oxygen atoms in total. The Morgan fingerprint density at radius 2 is 1.78 bits per heavy atom. The Balaban J connectivity index is 0.00000189. The second-order valence-electron chi connectivity index (χ2n) is 12.0. The van der Waals surface area contributed by atoms with Gasteiger partial charge < -0.3 is 10.2 Å². The number of fused-ring (bicyclic) bond motifs is 6. The number of amides is 1. The highest BCUT2D eigenvalue weighted by Gasteiger charge is 2.41. The summed E-state index contributed by atoms with van der Waals surface area (Å²) in [5, 5.41) is 13.7. The van der Waals surface area contributed by atoms with E-state index < -0.39 is 0 Å². The zero-order chi connectivity index (χ0) is 29.8. The van der Waals surface area contributed by atoms with Crippen molar-refractivity contribution in [3.63, 3.8) is 0 Å². The van der Waals surface area contributed by atoms with Crippen LogP contribution in [-0.4, -0.2) is 32.9 Å². The number of nitrogens with one attached hydrogen (secondary N) is 2. The minimum atomic E-state index is -0.187. The molecule has 3 aromatic rings. The molecule has 1 fully saturated rings. The molecule has 41 heavy (non-hydrogen) atoms. The Hall–Kier alpha value is -3.64. The van der Waals surface area contributed by atoms with Crippen molar-refractivity contribution in [1.29, 1.82) is 5.26 Å². The topological polar surface area (TPSA) is 107 Å². The number of hydrogen-bond acceptors (Lipinski definition) is 8. The van der Waals surface area contributed by atoms with Crippen LogP contribution in [0.5, 0.6) is 0 Å². The zero-order valence-corrected chi connectivity index (χ0v) is 26.0. The lowest BCUT2D eigenvalue weighted by molar-refractivity contribution is 0.0984. The summed E-state index contributed by atoms with van der Waals surface area (Å²) in [7, 11) is 0. The number of pyridine rings is 3. The van der Waals surface area contributed by atoms with Gasteiger partial charge in [0.2, 0.25) is 0 Å². The number of aromatic nitrogens is 3. The van der Waals surface area contributed by atoms with Crippen molar-refractivity contribution >= 4 is 29.5 Å². The van der Waals surface area contributed by atoms with Crippen LogP contribution in [0.2, 0.25) is 0 Å². The molecular formula is C32H41N7OS.